The van der Waals surface area contributed by atoms with Crippen LogP contribution in [-0.4, -0.2) is 18.3 Å². The molecule has 0 saturated heterocycles. The second-order valence-electron chi connectivity index (χ2n) is 5.42. The molecule has 2 rings (SSSR count). The molecular weight excluding hydrogens is 231 g/mol. The van der Waals surface area contributed by atoms with Gasteiger partial charge in [0.2, 0.25) is 0 Å². The SMILES string of the molecule is COc1ccc(CC2CC(C)CCC2O)cc1F. The van der Waals surface area contributed by atoms with Gasteiger partial charge in [-0.15, -0.1) is 0 Å². The first kappa shape index (κ1) is 13.3. The third-order valence-electron chi connectivity index (χ3n) is 3.92. The first-order valence-electron chi connectivity index (χ1n) is 6.60. The van der Waals surface area contributed by atoms with Gasteiger partial charge in [0.1, 0.15) is 0 Å². The standard InChI is InChI=1S/C15H21FO2/c1-10-3-5-14(17)12(7-10)8-11-4-6-15(18-2)13(16)9-11/h4,6,9-10,12,14,17H,3,5,7-8H2,1-2H3. The van der Waals surface area contributed by atoms with Crippen LogP contribution >= 0.6 is 0 Å². The van der Waals surface area contributed by atoms with Crippen molar-refractivity contribution in [1.82, 2.24) is 0 Å². The van der Waals surface area contributed by atoms with Gasteiger partial charge in [-0.1, -0.05) is 13.0 Å². The normalized spacial score (nSPS) is 28.1. The largest absolute Gasteiger partial charge is 0.494 e. The number of benzene rings is 1. The van der Waals surface area contributed by atoms with Crippen molar-refractivity contribution < 1.29 is 14.2 Å². The quantitative estimate of drug-likeness (QED) is 0.895. The van der Waals surface area contributed by atoms with Gasteiger partial charge in [-0.2, -0.15) is 0 Å². The number of hydrogen-bond donors (Lipinski definition) is 1. The molecule has 3 atom stereocenters. The molecule has 1 aromatic rings. The van der Waals surface area contributed by atoms with Crippen LogP contribution < -0.4 is 4.74 Å². The summed E-state index contributed by atoms with van der Waals surface area (Å²) in [4.78, 5) is 0. The lowest BCUT2D eigenvalue weighted by atomic mass is 9.77. The van der Waals surface area contributed by atoms with Gasteiger partial charge in [0, 0.05) is 0 Å². The molecule has 1 fully saturated rings. The predicted molar refractivity (Wildman–Crippen MR) is 69.2 cm³/mol. The molecule has 3 unspecified atom stereocenters. The Bertz CT molecular complexity index is 405. The van der Waals surface area contributed by atoms with Crippen LogP contribution in [0, 0.1) is 17.7 Å². The monoisotopic (exact) mass is 252 g/mol. The van der Waals surface area contributed by atoms with Crippen molar-refractivity contribution in [3.8, 4) is 5.75 Å². The molecule has 0 spiro atoms. The number of methoxy groups -OCH3 is 1. The Kier molecular flexibility index (Phi) is 4.23. The molecule has 1 N–H and O–H groups in total. The molecule has 3 heteroatoms. The van der Waals surface area contributed by atoms with Gasteiger partial charge in [-0.05, 0) is 55.2 Å². The van der Waals surface area contributed by atoms with Crippen LogP contribution in [0.25, 0.3) is 0 Å². The van der Waals surface area contributed by atoms with E-state index in [9.17, 15) is 9.50 Å². The smallest absolute Gasteiger partial charge is 0.165 e. The van der Waals surface area contributed by atoms with E-state index in [4.69, 9.17) is 4.74 Å². The van der Waals surface area contributed by atoms with E-state index >= 15 is 0 Å². The van der Waals surface area contributed by atoms with Gasteiger partial charge in [0.15, 0.2) is 11.6 Å². The minimum absolute atomic E-state index is 0.244. The maximum atomic E-state index is 13.6. The number of rotatable bonds is 3. The minimum atomic E-state index is -0.326. The van der Waals surface area contributed by atoms with E-state index in [0.29, 0.717) is 5.92 Å². The third-order valence-corrected chi connectivity index (χ3v) is 3.92. The zero-order chi connectivity index (χ0) is 13.1. The van der Waals surface area contributed by atoms with Crippen LogP contribution in [0.3, 0.4) is 0 Å². The second kappa shape index (κ2) is 5.70. The van der Waals surface area contributed by atoms with Crippen molar-refractivity contribution in [2.24, 2.45) is 11.8 Å². The Morgan fingerprint density at radius 1 is 1.39 bits per heavy atom. The molecule has 100 valence electrons. The number of aliphatic hydroxyl groups is 1. The fraction of sp³-hybridized carbons (Fsp3) is 0.600. The van der Waals surface area contributed by atoms with Crippen LogP contribution in [0.5, 0.6) is 5.75 Å². The van der Waals surface area contributed by atoms with E-state index in [-0.39, 0.29) is 23.6 Å². The lowest BCUT2D eigenvalue weighted by molar-refractivity contribution is 0.0519. The summed E-state index contributed by atoms with van der Waals surface area (Å²) < 4.78 is 18.5. The van der Waals surface area contributed by atoms with Crippen LogP contribution in [0.1, 0.15) is 31.7 Å². The van der Waals surface area contributed by atoms with Crippen molar-refractivity contribution in [2.75, 3.05) is 7.11 Å². The summed E-state index contributed by atoms with van der Waals surface area (Å²) >= 11 is 0. The summed E-state index contributed by atoms with van der Waals surface area (Å²) in [7, 11) is 1.46. The Morgan fingerprint density at radius 3 is 2.83 bits per heavy atom. The molecule has 0 amide bonds. The zero-order valence-corrected chi connectivity index (χ0v) is 11.0. The van der Waals surface area contributed by atoms with Crippen molar-refractivity contribution in [2.45, 2.75) is 38.7 Å². The van der Waals surface area contributed by atoms with Crippen LogP contribution in [0.4, 0.5) is 4.39 Å². The highest BCUT2D eigenvalue weighted by Crippen LogP contribution is 2.32. The summed E-state index contributed by atoms with van der Waals surface area (Å²) in [5.41, 5.74) is 0.937. The summed E-state index contributed by atoms with van der Waals surface area (Å²) in [6.07, 6.45) is 3.48. The highest BCUT2D eigenvalue weighted by atomic mass is 19.1. The van der Waals surface area contributed by atoms with Crippen molar-refractivity contribution in [3.05, 3.63) is 29.6 Å². The van der Waals surface area contributed by atoms with E-state index in [0.717, 1.165) is 31.2 Å². The topological polar surface area (TPSA) is 29.5 Å². The minimum Gasteiger partial charge on any atom is -0.494 e. The fourth-order valence-electron chi connectivity index (χ4n) is 2.84. The van der Waals surface area contributed by atoms with Gasteiger partial charge in [0.25, 0.3) is 0 Å². The van der Waals surface area contributed by atoms with E-state index < -0.39 is 0 Å². The maximum Gasteiger partial charge on any atom is 0.165 e. The summed E-state index contributed by atoms with van der Waals surface area (Å²) in [6.45, 7) is 2.22. The Hall–Kier alpha value is -1.09. The molecule has 1 aromatic carbocycles. The van der Waals surface area contributed by atoms with E-state index in [1.54, 1.807) is 6.07 Å². The lowest BCUT2D eigenvalue weighted by Gasteiger charge is -2.31. The first-order chi connectivity index (χ1) is 8.60. The third kappa shape index (κ3) is 3.02. The van der Waals surface area contributed by atoms with Gasteiger partial charge >= 0.3 is 0 Å². The highest BCUT2D eigenvalue weighted by molar-refractivity contribution is 5.29. The Balaban J connectivity index is 2.06. The second-order valence-corrected chi connectivity index (χ2v) is 5.42. The maximum absolute atomic E-state index is 13.6. The molecule has 0 aliphatic heterocycles. The molecule has 2 nitrogen and oxygen atoms in total. The van der Waals surface area contributed by atoms with E-state index in [1.807, 2.05) is 6.07 Å². The molecule has 0 bridgehead atoms. The Morgan fingerprint density at radius 2 is 2.17 bits per heavy atom. The van der Waals surface area contributed by atoms with Crippen LogP contribution in [0.2, 0.25) is 0 Å². The van der Waals surface area contributed by atoms with E-state index in [2.05, 4.69) is 6.92 Å². The molecule has 0 heterocycles. The lowest BCUT2D eigenvalue weighted by Crippen LogP contribution is -2.29. The Labute approximate surface area is 108 Å². The predicted octanol–water partition coefficient (Wildman–Crippen LogP) is 3.17. The average molecular weight is 252 g/mol. The van der Waals surface area contributed by atoms with E-state index in [1.165, 1.54) is 13.2 Å². The van der Waals surface area contributed by atoms with Crippen LogP contribution in [-0.2, 0) is 6.42 Å². The molecule has 0 aromatic heterocycles. The molecule has 1 aliphatic carbocycles. The van der Waals surface area contributed by atoms with Crippen molar-refractivity contribution in [1.29, 1.82) is 0 Å². The molecule has 0 radical (unpaired) electrons. The first-order valence-corrected chi connectivity index (χ1v) is 6.60. The highest BCUT2D eigenvalue weighted by Gasteiger charge is 2.27. The number of halogens is 1. The van der Waals surface area contributed by atoms with Gasteiger partial charge in [-0.25, -0.2) is 4.39 Å². The fourth-order valence-corrected chi connectivity index (χ4v) is 2.84. The molecular formula is C15H21FO2. The zero-order valence-electron chi connectivity index (χ0n) is 11.0. The van der Waals surface area contributed by atoms with Gasteiger partial charge < -0.3 is 9.84 Å². The van der Waals surface area contributed by atoms with Gasteiger partial charge in [-0.3, -0.25) is 0 Å². The van der Waals surface area contributed by atoms with Crippen molar-refractivity contribution >= 4 is 0 Å². The molecule has 18 heavy (non-hydrogen) atoms. The summed E-state index contributed by atoms with van der Waals surface area (Å²) in [5, 5.41) is 10.00. The molecule has 1 saturated carbocycles. The number of ether oxygens (including phenoxy) is 1. The number of aliphatic hydroxyl groups excluding tert-OH is 1. The summed E-state index contributed by atoms with van der Waals surface area (Å²) in [6, 6.07) is 5.06. The van der Waals surface area contributed by atoms with Crippen molar-refractivity contribution in [3.63, 3.8) is 0 Å². The average Bonchev–Trinajstić information content (AvgIpc) is 2.34. The number of hydrogen-bond acceptors (Lipinski definition) is 2. The van der Waals surface area contributed by atoms with Gasteiger partial charge in [0.05, 0.1) is 13.2 Å². The van der Waals surface area contributed by atoms with Crippen LogP contribution in [0.15, 0.2) is 18.2 Å². The molecule has 1 aliphatic rings. The summed E-state index contributed by atoms with van der Waals surface area (Å²) in [5.74, 6) is 0.854.